The lowest BCUT2D eigenvalue weighted by molar-refractivity contribution is 0.270. The molecule has 1 aromatic carbocycles. The number of hydrogen-bond donors (Lipinski definition) is 2. The van der Waals surface area contributed by atoms with Crippen LogP contribution in [0.4, 0.5) is 0 Å². The number of aromatic nitrogens is 1. The molecular weight excluding hydrogens is 294 g/mol. The highest BCUT2D eigenvalue weighted by molar-refractivity contribution is 8.04. The zero-order chi connectivity index (χ0) is 14.9. The average Bonchev–Trinajstić information content (AvgIpc) is 3.16. The van der Waals surface area contributed by atoms with E-state index < -0.39 is 0 Å². The average molecular weight is 311 g/mol. The lowest BCUT2D eigenvalue weighted by Crippen LogP contribution is -2.26. The predicted molar refractivity (Wildman–Crippen MR) is 91.7 cm³/mol. The second-order valence-electron chi connectivity index (χ2n) is 5.70. The van der Waals surface area contributed by atoms with Crippen LogP contribution in [0.5, 0.6) is 0 Å². The maximum absolute atomic E-state index is 9.08. The molecule has 1 unspecified atom stereocenters. The van der Waals surface area contributed by atoms with Gasteiger partial charge >= 0.3 is 0 Å². The summed E-state index contributed by atoms with van der Waals surface area (Å²) in [4.78, 5) is 9.98. The molecule has 1 aliphatic carbocycles. The van der Waals surface area contributed by atoms with Crippen LogP contribution in [-0.4, -0.2) is 34.5 Å². The Bertz CT molecular complexity index is 758. The van der Waals surface area contributed by atoms with E-state index in [1.165, 1.54) is 0 Å². The van der Waals surface area contributed by atoms with Gasteiger partial charge in [-0.25, -0.2) is 0 Å². The van der Waals surface area contributed by atoms with Gasteiger partial charge in [-0.05, 0) is 42.2 Å². The fourth-order valence-electron chi connectivity index (χ4n) is 2.66. The Hall–Kier alpha value is -1.69. The molecule has 1 aromatic heterocycles. The highest BCUT2D eigenvalue weighted by Crippen LogP contribution is 2.34. The van der Waals surface area contributed by atoms with Crippen LogP contribution in [0, 0.1) is 5.92 Å². The standard InChI is InChI=1S/C17H17N3OS/c21-10-13-8-16(13)20-17-19-9-14(22-17)7-11-3-4-15-12(6-11)2-1-5-18-15/h1-7,9,13,16-17,20-21H,8,10H2/b14-7-/t13-,16+,17?/m0/s1. The van der Waals surface area contributed by atoms with Crippen molar-refractivity contribution < 1.29 is 5.11 Å². The van der Waals surface area contributed by atoms with E-state index in [0.29, 0.717) is 12.0 Å². The lowest BCUT2D eigenvalue weighted by Gasteiger charge is -2.08. The minimum absolute atomic E-state index is 0.0786. The number of benzene rings is 1. The maximum atomic E-state index is 9.08. The zero-order valence-corrected chi connectivity index (χ0v) is 12.8. The zero-order valence-electron chi connectivity index (χ0n) is 12.0. The normalized spacial score (nSPS) is 28.6. The van der Waals surface area contributed by atoms with Gasteiger partial charge in [0.15, 0.2) is 5.50 Å². The maximum Gasteiger partial charge on any atom is 0.151 e. The number of hydrogen-bond acceptors (Lipinski definition) is 5. The van der Waals surface area contributed by atoms with Gasteiger partial charge in [0.1, 0.15) is 0 Å². The fourth-order valence-corrected chi connectivity index (χ4v) is 3.61. The summed E-state index contributed by atoms with van der Waals surface area (Å²) >= 11 is 1.72. The summed E-state index contributed by atoms with van der Waals surface area (Å²) in [6.07, 6.45) is 6.94. The Balaban J connectivity index is 1.45. The van der Waals surface area contributed by atoms with Crippen LogP contribution < -0.4 is 5.32 Å². The number of pyridine rings is 1. The third-order valence-electron chi connectivity index (χ3n) is 4.03. The van der Waals surface area contributed by atoms with Gasteiger partial charge in [0, 0.05) is 35.4 Å². The largest absolute Gasteiger partial charge is 0.396 e. The molecular formula is C17H17N3OS. The van der Waals surface area contributed by atoms with Crippen LogP contribution in [0.25, 0.3) is 17.0 Å². The van der Waals surface area contributed by atoms with Gasteiger partial charge in [-0.1, -0.05) is 23.9 Å². The molecule has 0 radical (unpaired) electrons. The van der Waals surface area contributed by atoms with Crippen LogP contribution >= 0.6 is 11.8 Å². The number of aliphatic hydroxyl groups excluding tert-OH is 1. The molecule has 112 valence electrons. The number of thioether (sulfide) groups is 1. The van der Waals surface area contributed by atoms with E-state index in [4.69, 9.17) is 5.11 Å². The Morgan fingerprint density at radius 1 is 1.36 bits per heavy atom. The van der Waals surface area contributed by atoms with Gasteiger partial charge in [-0.15, -0.1) is 0 Å². The molecule has 2 aliphatic rings. The summed E-state index contributed by atoms with van der Waals surface area (Å²) in [6, 6.07) is 10.7. The molecule has 4 rings (SSSR count). The molecule has 1 aliphatic heterocycles. The summed E-state index contributed by atoms with van der Waals surface area (Å²) in [5.74, 6) is 0.414. The second-order valence-corrected chi connectivity index (χ2v) is 6.86. The molecule has 22 heavy (non-hydrogen) atoms. The first-order valence-electron chi connectivity index (χ1n) is 7.45. The smallest absolute Gasteiger partial charge is 0.151 e. The van der Waals surface area contributed by atoms with Crippen molar-refractivity contribution in [2.24, 2.45) is 10.9 Å². The molecule has 0 amide bonds. The Kier molecular flexibility index (Phi) is 3.70. The number of nitrogens with zero attached hydrogens (tertiary/aromatic N) is 2. The molecule has 5 heteroatoms. The van der Waals surface area contributed by atoms with E-state index in [9.17, 15) is 0 Å². The van der Waals surface area contributed by atoms with Crippen molar-refractivity contribution in [1.82, 2.24) is 10.3 Å². The van der Waals surface area contributed by atoms with Gasteiger partial charge in [0.2, 0.25) is 0 Å². The summed E-state index contributed by atoms with van der Waals surface area (Å²) in [5, 5.41) is 13.7. The molecule has 0 spiro atoms. The number of aliphatic hydroxyl groups is 1. The number of fused-ring (bicyclic) bond motifs is 1. The van der Waals surface area contributed by atoms with Crippen molar-refractivity contribution in [2.75, 3.05) is 6.61 Å². The summed E-state index contributed by atoms with van der Waals surface area (Å²) < 4.78 is 0. The van der Waals surface area contributed by atoms with Crippen molar-refractivity contribution >= 4 is 35.0 Å². The number of allylic oxidation sites excluding steroid dienone is 1. The summed E-state index contributed by atoms with van der Waals surface area (Å²) in [6.45, 7) is 0.270. The third-order valence-corrected chi connectivity index (χ3v) is 5.01. The minimum atomic E-state index is 0.0786. The van der Waals surface area contributed by atoms with E-state index in [1.807, 2.05) is 24.5 Å². The van der Waals surface area contributed by atoms with E-state index in [1.54, 1.807) is 11.8 Å². The SMILES string of the molecule is OC[C@@H]1C[C@H]1NC1N=C/C(=C/c2ccc3ncccc3c2)S1. The van der Waals surface area contributed by atoms with Crippen LogP contribution in [0.1, 0.15) is 12.0 Å². The van der Waals surface area contributed by atoms with Crippen LogP contribution in [-0.2, 0) is 0 Å². The summed E-state index contributed by atoms with van der Waals surface area (Å²) in [5.41, 5.74) is 2.25. The molecule has 2 heterocycles. The highest BCUT2D eigenvalue weighted by atomic mass is 32.2. The van der Waals surface area contributed by atoms with E-state index >= 15 is 0 Å². The minimum Gasteiger partial charge on any atom is -0.396 e. The van der Waals surface area contributed by atoms with Crippen LogP contribution in [0.2, 0.25) is 0 Å². The molecule has 3 atom stereocenters. The molecule has 0 saturated heterocycles. The highest BCUT2D eigenvalue weighted by Gasteiger charge is 2.38. The molecule has 1 saturated carbocycles. The molecule has 0 bridgehead atoms. The number of aliphatic imine (C=N–C) groups is 1. The van der Waals surface area contributed by atoms with Crippen molar-refractivity contribution in [3.63, 3.8) is 0 Å². The molecule has 2 aromatic rings. The van der Waals surface area contributed by atoms with Crippen molar-refractivity contribution in [1.29, 1.82) is 0 Å². The van der Waals surface area contributed by atoms with Crippen molar-refractivity contribution in [3.8, 4) is 0 Å². The van der Waals surface area contributed by atoms with Gasteiger partial charge in [0.25, 0.3) is 0 Å². The first kappa shape index (κ1) is 13.9. The van der Waals surface area contributed by atoms with Gasteiger partial charge < -0.3 is 5.11 Å². The van der Waals surface area contributed by atoms with E-state index in [-0.39, 0.29) is 12.1 Å². The van der Waals surface area contributed by atoms with E-state index in [2.05, 4.69) is 39.6 Å². The lowest BCUT2D eigenvalue weighted by atomic mass is 10.1. The Labute approximate surface area is 133 Å². The molecule has 2 N–H and O–H groups in total. The molecule has 4 nitrogen and oxygen atoms in total. The first-order chi connectivity index (χ1) is 10.8. The van der Waals surface area contributed by atoms with E-state index in [0.717, 1.165) is 27.8 Å². The van der Waals surface area contributed by atoms with Crippen molar-refractivity contribution in [2.45, 2.75) is 18.0 Å². The fraction of sp³-hybridized carbons (Fsp3) is 0.294. The first-order valence-corrected chi connectivity index (χ1v) is 8.33. The van der Waals surface area contributed by atoms with Crippen LogP contribution in [0.3, 0.4) is 0 Å². The Morgan fingerprint density at radius 2 is 2.32 bits per heavy atom. The van der Waals surface area contributed by atoms with Gasteiger partial charge in [-0.2, -0.15) is 0 Å². The number of rotatable bonds is 4. The van der Waals surface area contributed by atoms with Gasteiger partial charge in [0.05, 0.1) is 5.52 Å². The third kappa shape index (κ3) is 2.92. The van der Waals surface area contributed by atoms with Gasteiger partial charge in [-0.3, -0.25) is 15.3 Å². The quantitative estimate of drug-likeness (QED) is 0.911. The van der Waals surface area contributed by atoms with Crippen LogP contribution in [0.15, 0.2) is 46.4 Å². The second kappa shape index (κ2) is 5.83. The Morgan fingerprint density at radius 3 is 3.18 bits per heavy atom. The predicted octanol–water partition coefficient (Wildman–Crippen LogP) is 2.65. The summed E-state index contributed by atoms with van der Waals surface area (Å²) in [7, 11) is 0. The van der Waals surface area contributed by atoms with Crippen molar-refractivity contribution in [3.05, 3.63) is 47.0 Å². The molecule has 1 fully saturated rings. The topological polar surface area (TPSA) is 57.5 Å². The number of nitrogens with one attached hydrogen (secondary N) is 1. The monoisotopic (exact) mass is 311 g/mol.